The van der Waals surface area contributed by atoms with Gasteiger partial charge in [0.15, 0.2) is 5.76 Å². The van der Waals surface area contributed by atoms with Gasteiger partial charge in [-0.25, -0.2) is 4.98 Å². The standard InChI is InChI=1S/C11H9ClN4O/c12-8-2-1-3-9-10(8)16(11(13)15-9)6-7-4-5-14-17-7/h1-5H,6H2,(H2,13,15). The highest BCUT2D eigenvalue weighted by molar-refractivity contribution is 6.35. The molecular weight excluding hydrogens is 240 g/mol. The molecule has 2 N–H and O–H groups in total. The Kier molecular flexibility index (Phi) is 2.26. The molecule has 86 valence electrons. The van der Waals surface area contributed by atoms with Crippen molar-refractivity contribution in [1.29, 1.82) is 0 Å². The van der Waals surface area contributed by atoms with Crippen molar-refractivity contribution in [2.45, 2.75) is 6.54 Å². The number of aromatic nitrogens is 3. The van der Waals surface area contributed by atoms with Crippen LogP contribution < -0.4 is 5.73 Å². The number of hydrogen-bond donors (Lipinski definition) is 1. The van der Waals surface area contributed by atoms with Crippen LogP contribution in [0.2, 0.25) is 5.02 Å². The zero-order chi connectivity index (χ0) is 11.8. The molecule has 0 saturated heterocycles. The van der Waals surface area contributed by atoms with Crippen LogP contribution in [0.1, 0.15) is 5.76 Å². The van der Waals surface area contributed by atoms with Gasteiger partial charge in [-0.1, -0.05) is 22.8 Å². The third kappa shape index (κ3) is 1.64. The first-order chi connectivity index (χ1) is 8.25. The van der Waals surface area contributed by atoms with Gasteiger partial charge >= 0.3 is 0 Å². The van der Waals surface area contributed by atoms with E-state index in [4.69, 9.17) is 21.9 Å². The molecule has 0 aliphatic carbocycles. The fourth-order valence-corrected chi connectivity index (χ4v) is 2.07. The van der Waals surface area contributed by atoms with Crippen LogP contribution in [0.4, 0.5) is 5.95 Å². The minimum atomic E-state index is 0.407. The third-order valence-corrected chi connectivity index (χ3v) is 2.86. The van der Waals surface area contributed by atoms with Crippen LogP contribution in [0.5, 0.6) is 0 Å². The Balaban J connectivity index is 2.18. The molecule has 5 nitrogen and oxygen atoms in total. The maximum Gasteiger partial charge on any atom is 0.201 e. The number of rotatable bonds is 2. The monoisotopic (exact) mass is 248 g/mol. The Bertz CT molecular complexity index is 659. The van der Waals surface area contributed by atoms with Crippen molar-refractivity contribution in [3.8, 4) is 0 Å². The number of anilines is 1. The normalized spacial score (nSPS) is 11.1. The van der Waals surface area contributed by atoms with Gasteiger partial charge in [-0.3, -0.25) is 0 Å². The fourth-order valence-electron chi connectivity index (χ4n) is 1.80. The molecule has 2 aromatic heterocycles. The third-order valence-electron chi connectivity index (χ3n) is 2.55. The Hall–Kier alpha value is -2.01. The van der Waals surface area contributed by atoms with E-state index < -0.39 is 0 Å². The molecule has 0 saturated carbocycles. The number of nitrogens with zero attached hydrogens (tertiary/aromatic N) is 3. The Labute approximate surface area is 102 Å². The van der Waals surface area contributed by atoms with E-state index in [1.54, 1.807) is 16.8 Å². The number of nitrogens with two attached hydrogens (primary N) is 1. The number of para-hydroxylation sites is 1. The van der Waals surface area contributed by atoms with Crippen molar-refractivity contribution >= 4 is 28.6 Å². The van der Waals surface area contributed by atoms with E-state index in [9.17, 15) is 0 Å². The first-order valence-electron chi connectivity index (χ1n) is 5.05. The van der Waals surface area contributed by atoms with E-state index >= 15 is 0 Å². The summed E-state index contributed by atoms with van der Waals surface area (Å²) in [7, 11) is 0. The lowest BCUT2D eigenvalue weighted by molar-refractivity contribution is 0.378. The lowest BCUT2D eigenvalue weighted by atomic mass is 10.3. The quantitative estimate of drug-likeness (QED) is 0.756. The maximum absolute atomic E-state index is 6.15. The minimum absolute atomic E-state index is 0.407. The van der Waals surface area contributed by atoms with Crippen molar-refractivity contribution in [1.82, 2.24) is 14.7 Å². The first-order valence-corrected chi connectivity index (χ1v) is 5.43. The number of fused-ring (bicyclic) bond motifs is 1. The molecule has 3 aromatic rings. The van der Waals surface area contributed by atoms with E-state index in [2.05, 4.69) is 10.1 Å². The predicted molar refractivity (Wildman–Crippen MR) is 64.8 cm³/mol. The topological polar surface area (TPSA) is 69.9 Å². The van der Waals surface area contributed by atoms with Crippen molar-refractivity contribution in [3.63, 3.8) is 0 Å². The number of imidazole rings is 1. The molecule has 0 radical (unpaired) electrons. The highest BCUT2D eigenvalue weighted by atomic mass is 35.5. The van der Waals surface area contributed by atoms with Crippen LogP contribution in [-0.4, -0.2) is 14.7 Å². The largest absolute Gasteiger partial charge is 0.369 e. The molecular formula is C11H9ClN4O. The summed E-state index contributed by atoms with van der Waals surface area (Å²) < 4.78 is 6.86. The second-order valence-corrected chi connectivity index (χ2v) is 4.05. The second kappa shape index (κ2) is 3.78. The molecule has 2 heterocycles. The van der Waals surface area contributed by atoms with Crippen LogP contribution in [0.3, 0.4) is 0 Å². The van der Waals surface area contributed by atoms with Crippen LogP contribution in [-0.2, 0) is 6.54 Å². The van der Waals surface area contributed by atoms with Crippen LogP contribution >= 0.6 is 11.6 Å². The van der Waals surface area contributed by atoms with E-state index in [0.29, 0.717) is 23.3 Å². The zero-order valence-electron chi connectivity index (χ0n) is 8.80. The van der Waals surface area contributed by atoms with Gasteiger partial charge in [-0.2, -0.15) is 0 Å². The zero-order valence-corrected chi connectivity index (χ0v) is 9.55. The highest BCUT2D eigenvalue weighted by Crippen LogP contribution is 2.26. The van der Waals surface area contributed by atoms with Crippen molar-refractivity contribution in [3.05, 3.63) is 41.2 Å². The SMILES string of the molecule is Nc1nc2cccc(Cl)c2n1Cc1ccno1. The number of nitrogen functional groups attached to an aromatic ring is 1. The van der Waals surface area contributed by atoms with Gasteiger partial charge in [0.05, 0.1) is 28.8 Å². The summed E-state index contributed by atoms with van der Waals surface area (Å²) >= 11 is 6.15. The summed E-state index contributed by atoms with van der Waals surface area (Å²) in [5.74, 6) is 1.11. The van der Waals surface area contributed by atoms with Crippen molar-refractivity contribution < 1.29 is 4.52 Å². The summed E-state index contributed by atoms with van der Waals surface area (Å²) in [6.45, 7) is 0.464. The molecule has 0 fully saturated rings. The van der Waals surface area contributed by atoms with Gasteiger partial charge in [0.25, 0.3) is 0 Å². The number of halogens is 1. The molecule has 1 aromatic carbocycles. The van der Waals surface area contributed by atoms with E-state index in [0.717, 1.165) is 11.0 Å². The molecule has 3 rings (SSSR count). The van der Waals surface area contributed by atoms with E-state index in [1.165, 1.54) is 0 Å². The smallest absolute Gasteiger partial charge is 0.201 e. The Morgan fingerprint density at radius 1 is 1.35 bits per heavy atom. The van der Waals surface area contributed by atoms with E-state index in [-0.39, 0.29) is 0 Å². The molecule has 0 atom stereocenters. The second-order valence-electron chi connectivity index (χ2n) is 3.64. The lowest BCUT2D eigenvalue weighted by Gasteiger charge is -2.04. The van der Waals surface area contributed by atoms with Crippen molar-refractivity contribution in [2.75, 3.05) is 5.73 Å². The predicted octanol–water partition coefficient (Wildman–Crippen LogP) is 2.31. The first kappa shape index (κ1) is 10.2. The molecule has 0 aliphatic heterocycles. The molecule has 6 heteroatoms. The summed E-state index contributed by atoms with van der Waals surface area (Å²) in [6.07, 6.45) is 1.59. The van der Waals surface area contributed by atoms with Gasteiger partial charge in [0.2, 0.25) is 5.95 Å². The van der Waals surface area contributed by atoms with Crippen LogP contribution in [0.15, 0.2) is 35.0 Å². The van der Waals surface area contributed by atoms with Gasteiger partial charge in [-0.15, -0.1) is 0 Å². The highest BCUT2D eigenvalue weighted by Gasteiger charge is 2.12. The molecule has 0 bridgehead atoms. The van der Waals surface area contributed by atoms with Crippen LogP contribution in [0, 0.1) is 0 Å². The number of hydrogen-bond acceptors (Lipinski definition) is 4. The average Bonchev–Trinajstić information content (AvgIpc) is 2.89. The minimum Gasteiger partial charge on any atom is -0.369 e. The van der Waals surface area contributed by atoms with Crippen LogP contribution in [0.25, 0.3) is 11.0 Å². The van der Waals surface area contributed by atoms with Gasteiger partial charge < -0.3 is 14.8 Å². The maximum atomic E-state index is 6.15. The number of benzene rings is 1. The van der Waals surface area contributed by atoms with E-state index in [1.807, 2.05) is 18.2 Å². The molecule has 0 unspecified atom stereocenters. The average molecular weight is 249 g/mol. The molecule has 0 spiro atoms. The molecule has 0 amide bonds. The molecule has 0 aliphatic rings. The van der Waals surface area contributed by atoms with Crippen molar-refractivity contribution in [2.24, 2.45) is 0 Å². The summed E-state index contributed by atoms with van der Waals surface area (Å²) in [6, 6.07) is 7.30. The summed E-state index contributed by atoms with van der Waals surface area (Å²) in [5.41, 5.74) is 7.45. The van der Waals surface area contributed by atoms with Gasteiger partial charge in [-0.05, 0) is 12.1 Å². The van der Waals surface area contributed by atoms with Gasteiger partial charge in [0.1, 0.15) is 0 Å². The Morgan fingerprint density at radius 3 is 3.00 bits per heavy atom. The Morgan fingerprint density at radius 2 is 2.24 bits per heavy atom. The van der Waals surface area contributed by atoms with Gasteiger partial charge in [0, 0.05) is 6.07 Å². The summed E-state index contributed by atoms with van der Waals surface area (Å²) in [4.78, 5) is 4.25. The fraction of sp³-hybridized carbons (Fsp3) is 0.0909. The lowest BCUT2D eigenvalue weighted by Crippen LogP contribution is -2.04. The molecule has 17 heavy (non-hydrogen) atoms. The summed E-state index contributed by atoms with van der Waals surface area (Å²) in [5, 5.41) is 4.27.